The van der Waals surface area contributed by atoms with E-state index in [0.29, 0.717) is 29.9 Å². The van der Waals surface area contributed by atoms with Crippen LogP contribution in [0.2, 0.25) is 0 Å². The lowest BCUT2D eigenvalue weighted by atomic mass is 10.2. The predicted molar refractivity (Wildman–Crippen MR) is 107 cm³/mol. The molecule has 3 heterocycles. The number of pyridine rings is 1. The van der Waals surface area contributed by atoms with Crippen LogP contribution in [-0.2, 0) is 20.1 Å². The smallest absolute Gasteiger partial charge is 0.330 e. The number of aryl methyl sites for hydroxylation is 1. The Kier molecular flexibility index (Phi) is 4.99. The number of nitrogens with zero attached hydrogens (tertiary/aromatic N) is 4. The standard InChI is InChI=1S/C21H20FN5O2/c1-25-12-3-5-18(25)20(28)24-11-13-26-19-17(4-2-10-23-19)27(21(26)29)14-15-6-8-16(22)9-7-15/h2-10,12H,11,13-14H2,1H3,(H,24,28). The average molecular weight is 393 g/mol. The topological polar surface area (TPSA) is 73.8 Å². The fourth-order valence-electron chi connectivity index (χ4n) is 3.34. The molecule has 1 amide bonds. The molecular weight excluding hydrogens is 373 g/mol. The average Bonchev–Trinajstić information content (AvgIpc) is 3.26. The number of benzene rings is 1. The Morgan fingerprint density at radius 2 is 1.90 bits per heavy atom. The van der Waals surface area contributed by atoms with Crippen LogP contribution in [0.3, 0.4) is 0 Å². The Labute approximate surface area is 166 Å². The third kappa shape index (κ3) is 3.69. The van der Waals surface area contributed by atoms with Crippen molar-refractivity contribution < 1.29 is 9.18 Å². The van der Waals surface area contributed by atoms with Crippen molar-refractivity contribution in [2.75, 3.05) is 6.54 Å². The van der Waals surface area contributed by atoms with Crippen LogP contribution in [0.25, 0.3) is 11.2 Å². The molecule has 4 aromatic rings. The molecule has 7 nitrogen and oxygen atoms in total. The van der Waals surface area contributed by atoms with Gasteiger partial charge in [-0.05, 0) is 42.0 Å². The molecule has 0 bridgehead atoms. The highest BCUT2D eigenvalue weighted by atomic mass is 19.1. The molecule has 148 valence electrons. The molecule has 4 rings (SSSR count). The quantitative estimate of drug-likeness (QED) is 0.546. The van der Waals surface area contributed by atoms with Crippen molar-refractivity contribution in [1.29, 1.82) is 0 Å². The molecule has 0 saturated carbocycles. The Hall–Kier alpha value is -3.68. The van der Waals surface area contributed by atoms with E-state index < -0.39 is 0 Å². The van der Waals surface area contributed by atoms with Crippen LogP contribution < -0.4 is 11.0 Å². The van der Waals surface area contributed by atoms with E-state index in [1.54, 1.807) is 63.5 Å². The highest BCUT2D eigenvalue weighted by molar-refractivity contribution is 5.92. The number of amides is 1. The second-order valence-electron chi connectivity index (χ2n) is 6.75. The summed E-state index contributed by atoms with van der Waals surface area (Å²) in [5.41, 5.74) is 2.38. The molecular formula is C21H20FN5O2. The van der Waals surface area contributed by atoms with Gasteiger partial charge in [0.15, 0.2) is 5.65 Å². The van der Waals surface area contributed by atoms with Crippen LogP contribution in [0, 0.1) is 5.82 Å². The number of carbonyl (C=O) groups excluding carboxylic acids is 1. The highest BCUT2D eigenvalue weighted by Gasteiger charge is 2.15. The van der Waals surface area contributed by atoms with Gasteiger partial charge in [0, 0.05) is 32.5 Å². The SMILES string of the molecule is Cn1cccc1C(=O)NCCn1c(=O)n(Cc2ccc(F)cc2)c2cccnc21. The van der Waals surface area contributed by atoms with Gasteiger partial charge in [-0.15, -0.1) is 0 Å². The fourth-order valence-corrected chi connectivity index (χ4v) is 3.34. The summed E-state index contributed by atoms with van der Waals surface area (Å²) in [6.45, 7) is 0.888. The lowest BCUT2D eigenvalue weighted by Gasteiger charge is -2.07. The van der Waals surface area contributed by atoms with Crippen molar-refractivity contribution in [2.45, 2.75) is 13.1 Å². The molecule has 0 atom stereocenters. The largest absolute Gasteiger partial charge is 0.349 e. The van der Waals surface area contributed by atoms with E-state index in [1.165, 1.54) is 12.1 Å². The first-order valence-corrected chi connectivity index (χ1v) is 9.22. The Bertz CT molecular complexity index is 1220. The number of hydrogen-bond acceptors (Lipinski definition) is 3. The van der Waals surface area contributed by atoms with E-state index in [9.17, 15) is 14.0 Å². The number of hydrogen-bond donors (Lipinski definition) is 1. The Morgan fingerprint density at radius 1 is 1.10 bits per heavy atom. The molecule has 0 unspecified atom stereocenters. The number of aromatic nitrogens is 4. The summed E-state index contributed by atoms with van der Waals surface area (Å²) in [7, 11) is 1.80. The molecule has 1 N–H and O–H groups in total. The van der Waals surface area contributed by atoms with Crippen molar-refractivity contribution in [2.24, 2.45) is 7.05 Å². The third-order valence-electron chi connectivity index (χ3n) is 4.83. The summed E-state index contributed by atoms with van der Waals surface area (Å²) in [4.78, 5) is 29.6. The van der Waals surface area contributed by atoms with Crippen LogP contribution in [0.4, 0.5) is 4.39 Å². The van der Waals surface area contributed by atoms with Crippen molar-refractivity contribution >= 4 is 17.1 Å². The van der Waals surface area contributed by atoms with Crippen LogP contribution in [0.15, 0.2) is 65.7 Å². The minimum absolute atomic E-state index is 0.200. The second-order valence-corrected chi connectivity index (χ2v) is 6.75. The van der Waals surface area contributed by atoms with E-state index in [4.69, 9.17) is 0 Å². The zero-order valence-electron chi connectivity index (χ0n) is 15.9. The maximum atomic E-state index is 13.2. The molecule has 0 fully saturated rings. The third-order valence-corrected chi connectivity index (χ3v) is 4.83. The van der Waals surface area contributed by atoms with Crippen molar-refractivity contribution in [3.8, 4) is 0 Å². The normalized spacial score (nSPS) is 11.1. The molecule has 0 radical (unpaired) electrons. The Morgan fingerprint density at radius 3 is 2.62 bits per heavy atom. The van der Waals surface area contributed by atoms with Gasteiger partial charge in [0.25, 0.3) is 5.91 Å². The number of carbonyl (C=O) groups is 1. The van der Waals surface area contributed by atoms with E-state index in [1.807, 2.05) is 6.07 Å². The van der Waals surface area contributed by atoms with Gasteiger partial charge in [-0.25, -0.2) is 14.2 Å². The van der Waals surface area contributed by atoms with E-state index in [0.717, 1.165) is 5.56 Å². The zero-order chi connectivity index (χ0) is 20.4. The number of nitrogens with one attached hydrogen (secondary N) is 1. The number of halogens is 1. The first-order chi connectivity index (χ1) is 14.0. The lowest BCUT2D eigenvalue weighted by molar-refractivity contribution is 0.0944. The van der Waals surface area contributed by atoms with Gasteiger partial charge in [-0.3, -0.25) is 13.9 Å². The Balaban J connectivity index is 1.57. The summed E-state index contributed by atoms with van der Waals surface area (Å²) in [5.74, 6) is -0.521. The maximum Gasteiger partial charge on any atom is 0.330 e. The monoisotopic (exact) mass is 393 g/mol. The zero-order valence-corrected chi connectivity index (χ0v) is 15.9. The van der Waals surface area contributed by atoms with Crippen LogP contribution in [-0.4, -0.2) is 31.1 Å². The molecule has 0 spiro atoms. The van der Waals surface area contributed by atoms with Gasteiger partial charge in [0.05, 0.1) is 12.1 Å². The number of imidazole rings is 1. The minimum Gasteiger partial charge on any atom is -0.349 e. The molecule has 0 aliphatic rings. The predicted octanol–water partition coefficient (Wildman–Crippen LogP) is 2.15. The van der Waals surface area contributed by atoms with E-state index in [-0.39, 0.29) is 24.0 Å². The molecule has 8 heteroatoms. The maximum absolute atomic E-state index is 13.2. The molecule has 29 heavy (non-hydrogen) atoms. The molecule has 0 saturated heterocycles. The summed E-state index contributed by atoms with van der Waals surface area (Å²) in [5, 5.41) is 2.83. The van der Waals surface area contributed by atoms with E-state index in [2.05, 4.69) is 10.3 Å². The van der Waals surface area contributed by atoms with Crippen LogP contribution >= 0.6 is 0 Å². The first kappa shape index (κ1) is 18.7. The van der Waals surface area contributed by atoms with Gasteiger partial charge >= 0.3 is 5.69 Å². The molecule has 3 aromatic heterocycles. The van der Waals surface area contributed by atoms with Crippen molar-refractivity contribution in [1.82, 2.24) is 24.0 Å². The number of fused-ring (bicyclic) bond motifs is 1. The minimum atomic E-state index is -0.320. The van der Waals surface area contributed by atoms with E-state index >= 15 is 0 Å². The van der Waals surface area contributed by atoms with Gasteiger partial charge < -0.3 is 9.88 Å². The van der Waals surface area contributed by atoms with Gasteiger partial charge in [-0.2, -0.15) is 0 Å². The van der Waals surface area contributed by atoms with Crippen LogP contribution in [0.5, 0.6) is 0 Å². The molecule has 0 aliphatic heterocycles. The lowest BCUT2D eigenvalue weighted by Crippen LogP contribution is -2.32. The summed E-state index contributed by atoms with van der Waals surface area (Å²) < 4.78 is 18.1. The molecule has 1 aromatic carbocycles. The highest BCUT2D eigenvalue weighted by Crippen LogP contribution is 2.13. The summed E-state index contributed by atoms with van der Waals surface area (Å²) >= 11 is 0. The van der Waals surface area contributed by atoms with Gasteiger partial charge in [-0.1, -0.05) is 12.1 Å². The van der Waals surface area contributed by atoms with Crippen molar-refractivity contribution in [3.05, 3.63) is 88.5 Å². The molecule has 0 aliphatic carbocycles. The number of rotatable bonds is 6. The summed E-state index contributed by atoms with van der Waals surface area (Å²) in [6.07, 6.45) is 3.43. The second kappa shape index (κ2) is 7.75. The fraction of sp³-hybridized carbons (Fsp3) is 0.190. The van der Waals surface area contributed by atoms with Gasteiger partial charge in [0.2, 0.25) is 0 Å². The van der Waals surface area contributed by atoms with Crippen molar-refractivity contribution in [3.63, 3.8) is 0 Å². The van der Waals surface area contributed by atoms with Crippen LogP contribution in [0.1, 0.15) is 16.1 Å². The summed E-state index contributed by atoms with van der Waals surface area (Å²) in [6, 6.07) is 13.2. The van der Waals surface area contributed by atoms with Gasteiger partial charge in [0.1, 0.15) is 11.5 Å². The first-order valence-electron chi connectivity index (χ1n) is 9.22.